The minimum Gasteiger partial charge on any atom is -0.505 e. The van der Waals surface area contributed by atoms with E-state index in [1.165, 1.54) is 45.6 Å². The number of nitrogens with zero attached hydrogens (tertiary/aromatic N) is 2. The maximum atomic E-state index is 12.3. The van der Waals surface area contributed by atoms with Gasteiger partial charge in [-0.15, -0.1) is 0 Å². The molecule has 0 aliphatic carbocycles. The molecular weight excluding hydrogens is 328 g/mol. The molecule has 0 spiro atoms. The highest BCUT2D eigenvalue weighted by Crippen LogP contribution is 2.19. The molecule has 0 amide bonds. The van der Waals surface area contributed by atoms with Crippen molar-refractivity contribution in [2.45, 2.75) is 76.0 Å². The normalized spacial score (nSPS) is 11.8. The van der Waals surface area contributed by atoms with E-state index < -0.39 is 26.0 Å². The molecule has 6 nitrogen and oxygen atoms in total. The van der Waals surface area contributed by atoms with Crippen molar-refractivity contribution in [1.82, 2.24) is 9.78 Å². The van der Waals surface area contributed by atoms with Gasteiger partial charge in [-0.3, -0.25) is 4.79 Å². The van der Waals surface area contributed by atoms with Crippen LogP contribution >= 0.6 is 0 Å². The summed E-state index contributed by atoms with van der Waals surface area (Å²) >= 11 is 0. The minimum absolute atomic E-state index is 0.115. The van der Waals surface area contributed by atoms with E-state index in [-0.39, 0.29) is 5.75 Å². The summed E-state index contributed by atoms with van der Waals surface area (Å²) in [5.41, 5.74) is -0.776. The van der Waals surface area contributed by atoms with Gasteiger partial charge in [-0.1, -0.05) is 64.7 Å². The second-order valence-corrected chi connectivity index (χ2v) is 8.33. The lowest BCUT2D eigenvalue weighted by molar-refractivity contribution is 0.443. The van der Waals surface area contributed by atoms with Gasteiger partial charge in [0.25, 0.3) is 5.56 Å². The number of aromatic hydroxyl groups is 1. The van der Waals surface area contributed by atoms with Crippen molar-refractivity contribution in [3.05, 3.63) is 16.6 Å². The van der Waals surface area contributed by atoms with Crippen molar-refractivity contribution < 1.29 is 13.5 Å². The second kappa shape index (κ2) is 10.5. The number of unbranched alkanes of at least 4 members (excludes halogenated alkanes) is 9. The lowest BCUT2D eigenvalue weighted by Crippen LogP contribution is -2.26. The number of aryl methyl sites for hydroxylation is 1. The Morgan fingerprint density at radius 3 is 2.04 bits per heavy atom. The zero-order valence-corrected chi connectivity index (χ0v) is 15.6. The molecule has 0 aromatic carbocycles. The van der Waals surface area contributed by atoms with Crippen molar-refractivity contribution in [1.29, 1.82) is 0 Å². The predicted molar refractivity (Wildman–Crippen MR) is 95.0 cm³/mol. The topological polar surface area (TPSA) is 89.3 Å². The molecule has 0 aliphatic heterocycles. The van der Waals surface area contributed by atoms with Gasteiger partial charge >= 0.3 is 0 Å². The first kappa shape index (κ1) is 20.7. The van der Waals surface area contributed by atoms with E-state index >= 15 is 0 Å². The number of hydrogen-bond donors (Lipinski definition) is 1. The summed E-state index contributed by atoms with van der Waals surface area (Å²) in [4.78, 5) is 11.3. The average molecular weight is 359 g/mol. The third-order valence-corrected chi connectivity index (χ3v) is 5.98. The van der Waals surface area contributed by atoms with Crippen LogP contribution in [0.2, 0.25) is 0 Å². The van der Waals surface area contributed by atoms with E-state index in [4.69, 9.17) is 0 Å². The van der Waals surface area contributed by atoms with Crippen LogP contribution in [-0.2, 0) is 16.9 Å². The van der Waals surface area contributed by atoms with Crippen molar-refractivity contribution in [3.63, 3.8) is 0 Å². The molecular formula is C17H30N2O4S. The van der Waals surface area contributed by atoms with Crippen LogP contribution in [0, 0.1) is 0 Å². The Balaban J connectivity index is 2.33. The van der Waals surface area contributed by atoms with E-state index in [0.29, 0.717) is 6.42 Å². The molecule has 0 fully saturated rings. The van der Waals surface area contributed by atoms with E-state index in [1.54, 1.807) is 0 Å². The highest BCUT2D eigenvalue weighted by Gasteiger charge is 2.23. The van der Waals surface area contributed by atoms with Crippen molar-refractivity contribution in [3.8, 4) is 5.75 Å². The van der Waals surface area contributed by atoms with Crippen LogP contribution in [0.25, 0.3) is 0 Å². The summed E-state index contributed by atoms with van der Waals surface area (Å²) in [6, 6.07) is 0. The molecule has 0 radical (unpaired) electrons. The van der Waals surface area contributed by atoms with Gasteiger partial charge < -0.3 is 5.11 Å². The molecule has 0 unspecified atom stereocenters. The zero-order chi connectivity index (χ0) is 18.0. The van der Waals surface area contributed by atoms with Gasteiger partial charge in [0.15, 0.2) is 20.5 Å². The lowest BCUT2D eigenvalue weighted by atomic mass is 10.1. The molecule has 0 bridgehead atoms. The largest absolute Gasteiger partial charge is 0.505 e. The average Bonchev–Trinajstić information content (AvgIpc) is 2.53. The molecule has 24 heavy (non-hydrogen) atoms. The minimum atomic E-state index is -3.78. The quantitative estimate of drug-likeness (QED) is 0.580. The van der Waals surface area contributed by atoms with Gasteiger partial charge in [-0.2, -0.15) is 5.10 Å². The zero-order valence-electron chi connectivity index (χ0n) is 14.8. The molecule has 0 saturated carbocycles. The standard InChI is InChI=1S/C17H30N2O4S/c1-3-4-5-6-7-8-9-10-11-12-13-24(22,23)16-15(20)14-18-19(2)17(16)21/h14,20H,3-13H2,1-2H3. The molecule has 7 heteroatoms. The monoisotopic (exact) mass is 358 g/mol. The first-order chi connectivity index (χ1) is 11.4. The third-order valence-electron chi connectivity index (χ3n) is 4.15. The third kappa shape index (κ3) is 6.63. The van der Waals surface area contributed by atoms with E-state index in [2.05, 4.69) is 12.0 Å². The summed E-state index contributed by atoms with van der Waals surface area (Å²) in [7, 11) is -2.41. The number of aromatic nitrogens is 2. The summed E-state index contributed by atoms with van der Waals surface area (Å²) in [6.45, 7) is 2.20. The van der Waals surface area contributed by atoms with E-state index in [1.807, 2.05) is 0 Å². The van der Waals surface area contributed by atoms with Gasteiger partial charge in [0.05, 0.1) is 11.9 Å². The van der Waals surface area contributed by atoms with Crippen LogP contribution in [0.5, 0.6) is 5.75 Å². The van der Waals surface area contributed by atoms with Crippen molar-refractivity contribution in [2.75, 3.05) is 5.75 Å². The Morgan fingerprint density at radius 1 is 1.00 bits per heavy atom. The van der Waals surface area contributed by atoms with Crippen molar-refractivity contribution >= 4 is 9.84 Å². The molecule has 1 aromatic rings. The first-order valence-electron chi connectivity index (χ1n) is 8.88. The summed E-state index contributed by atoms with van der Waals surface area (Å²) < 4.78 is 25.4. The molecule has 1 rings (SSSR count). The fourth-order valence-electron chi connectivity index (χ4n) is 2.68. The highest BCUT2D eigenvalue weighted by molar-refractivity contribution is 7.91. The second-order valence-electron chi connectivity index (χ2n) is 6.29. The lowest BCUT2D eigenvalue weighted by Gasteiger charge is -2.07. The van der Waals surface area contributed by atoms with Crippen LogP contribution < -0.4 is 5.56 Å². The first-order valence-corrected chi connectivity index (χ1v) is 10.5. The van der Waals surface area contributed by atoms with Gasteiger partial charge in [-0.05, 0) is 6.42 Å². The summed E-state index contributed by atoms with van der Waals surface area (Å²) in [6.07, 6.45) is 12.0. The maximum Gasteiger partial charge on any atom is 0.289 e. The summed E-state index contributed by atoms with van der Waals surface area (Å²) in [5, 5.41) is 13.3. The Morgan fingerprint density at radius 2 is 1.50 bits per heavy atom. The van der Waals surface area contributed by atoms with Gasteiger partial charge in [0.1, 0.15) is 0 Å². The Kier molecular flexibility index (Phi) is 9.03. The van der Waals surface area contributed by atoms with Gasteiger partial charge in [0.2, 0.25) is 0 Å². The molecule has 0 saturated heterocycles. The smallest absolute Gasteiger partial charge is 0.289 e. The van der Waals surface area contributed by atoms with E-state index in [9.17, 15) is 18.3 Å². The maximum absolute atomic E-state index is 12.3. The Hall–Kier alpha value is -1.37. The van der Waals surface area contributed by atoms with Crippen LogP contribution in [0.15, 0.2) is 15.9 Å². The van der Waals surface area contributed by atoms with Gasteiger partial charge in [0, 0.05) is 7.05 Å². The number of rotatable bonds is 12. The fraction of sp³-hybridized carbons (Fsp3) is 0.765. The molecule has 1 aromatic heterocycles. The van der Waals surface area contributed by atoms with E-state index in [0.717, 1.165) is 30.1 Å². The van der Waals surface area contributed by atoms with Crippen LogP contribution in [0.1, 0.15) is 71.1 Å². The SMILES string of the molecule is CCCCCCCCCCCCS(=O)(=O)c1c(O)cnn(C)c1=O. The predicted octanol–water partition coefficient (Wildman–Crippen LogP) is 3.18. The Bertz CT molecular complexity index is 653. The van der Waals surface area contributed by atoms with Crippen molar-refractivity contribution in [2.24, 2.45) is 7.05 Å². The number of hydrogen-bond acceptors (Lipinski definition) is 5. The fourth-order valence-corrected chi connectivity index (χ4v) is 4.24. The van der Waals surface area contributed by atoms with Crippen LogP contribution in [0.4, 0.5) is 0 Å². The van der Waals surface area contributed by atoms with Crippen LogP contribution in [-0.4, -0.2) is 29.1 Å². The molecule has 0 atom stereocenters. The Labute approximate surface area is 144 Å². The molecule has 1 heterocycles. The molecule has 0 aliphatic rings. The molecule has 1 N–H and O–H groups in total. The van der Waals surface area contributed by atoms with Crippen LogP contribution in [0.3, 0.4) is 0 Å². The number of sulfone groups is 1. The molecule has 138 valence electrons. The summed E-state index contributed by atoms with van der Waals surface area (Å²) in [5.74, 6) is -0.679. The highest BCUT2D eigenvalue weighted by atomic mass is 32.2. The van der Waals surface area contributed by atoms with Gasteiger partial charge in [-0.25, -0.2) is 13.1 Å².